The first kappa shape index (κ1) is 19.9. The molecule has 4 amide bonds. The normalized spacial score (nSPS) is 23.1. The highest BCUT2D eigenvalue weighted by Gasteiger charge is 2.50. The molecule has 7 nitrogen and oxygen atoms in total. The monoisotopic (exact) mass is 404 g/mol. The van der Waals surface area contributed by atoms with Gasteiger partial charge >= 0.3 is 6.03 Å². The summed E-state index contributed by atoms with van der Waals surface area (Å²) in [6.07, 6.45) is 3.95. The third-order valence-electron chi connectivity index (χ3n) is 6.20. The van der Waals surface area contributed by atoms with Crippen LogP contribution in [0.4, 0.5) is 4.79 Å². The van der Waals surface area contributed by atoms with E-state index >= 15 is 0 Å². The molecule has 2 aliphatic rings. The number of imide groups is 1. The van der Waals surface area contributed by atoms with Crippen molar-refractivity contribution in [2.24, 2.45) is 0 Å². The van der Waals surface area contributed by atoms with Crippen LogP contribution in [0.2, 0.25) is 0 Å². The van der Waals surface area contributed by atoms with Gasteiger partial charge < -0.3 is 10.6 Å². The second-order valence-corrected chi connectivity index (χ2v) is 8.28. The molecular formula is C23H24N4O3. The Bertz CT molecular complexity index is 1060. The number of carbonyl (C=O) groups excluding carboxylic acids is 3. The van der Waals surface area contributed by atoms with Crippen molar-refractivity contribution >= 4 is 28.6 Å². The van der Waals surface area contributed by atoms with Crippen molar-refractivity contribution in [2.75, 3.05) is 6.54 Å². The van der Waals surface area contributed by atoms with Gasteiger partial charge in [-0.25, -0.2) is 4.79 Å². The average Bonchev–Trinajstić information content (AvgIpc) is 2.97. The van der Waals surface area contributed by atoms with Crippen molar-refractivity contribution in [2.45, 2.75) is 50.1 Å². The molecule has 1 aliphatic carbocycles. The van der Waals surface area contributed by atoms with Gasteiger partial charge in [0.1, 0.15) is 17.6 Å². The topological polar surface area (TPSA) is 102 Å². The van der Waals surface area contributed by atoms with Crippen LogP contribution < -0.4 is 10.6 Å². The van der Waals surface area contributed by atoms with Gasteiger partial charge in [0.05, 0.1) is 6.07 Å². The van der Waals surface area contributed by atoms with Crippen molar-refractivity contribution in [3.8, 4) is 6.07 Å². The first-order valence-electron chi connectivity index (χ1n) is 10.2. The number of carbonyl (C=O) groups is 3. The van der Waals surface area contributed by atoms with Gasteiger partial charge in [-0.2, -0.15) is 5.26 Å². The van der Waals surface area contributed by atoms with Crippen molar-refractivity contribution in [3.63, 3.8) is 0 Å². The molecule has 1 saturated carbocycles. The van der Waals surface area contributed by atoms with Gasteiger partial charge in [-0.15, -0.1) is 0 Å². The van der Waals surface area contributed by atoms with Crippen molar-refractivity contribution in [3.05, 3.63) is 48.0 Å². The number of nitriles is 1. The second kappa shape index (κ2) is 7.45. The highest BCUT2D eigenvalue weighted by Crippen LogP contribution is 2.34. The van der Waals surface area contributed by atoms with Crippen LogP contribution in [0.5, 0.6) is 0 Å². The zero-order valence-corrected chi connectivity index (χ0v) is 16.9. The summed E-state index contributed by atoms with van der Waals surface area (Å²) in [5.41, 5.74) is -1.49. The van der Waals surface area contributed by atoms with Gasteiger partial charge in [0.15, 0.2) is 0 Å². The van der Waals surface area contributed by atoms with Crippen LogP contribution in [0.3, 0.4) is 0 Å². The Kier molecular flexibility index (Phi) is 4.94. The van der Waals surface area contributed by atoms with Crippen molar-refractivity contribution in [1.82, 2.24) is 15.5 Å². The number of amides is 4. The summed E-state index contributed by atoms with van der Waals surface area (Å²) in [6, 6.07) is 14.9. The highest BCUT2D eigenvalue weighted by atomic mass is 16.2. The lowest BCUT2D eigenvalue weighted by atomic mass is 9.83. The fraction of sp³-hybridized carbons (Fsp3) is 0.391. The van der Waals surface area contributed by atoms with E-state index in [0.717, 1.165) is 34.9 Å². The fourth-order valence-corrected chi connectivity index (χ4v) is 4.55. The molecule has 30 heavy (non-hydrogen) atoms. The fourth-order valence-electron chi connectivity index (χ4n) is 4.55. The minimum Gasteiger partial charge on any atom is -0.336 e. The molecule has 0 spiro atoms. The Hall–Kier alpha value is -3.40. The quantitative estimate of drug-likeness (QED) is 0.765. The van der Waals surface area contributed by atoms with E-state index < -0.39 is 35.5 Å². The maximum absolute atomic E-state index is 13.3. The zero-order chi connectivity index (χ0) is 21.4. The number of urea groups is 1. The van der Waals surface area contributed by atoms with E-state index in [1.807, 2.05) is 42.5 Å². The van der Waals surface area contributed by atoms with E-state index in [2.05, 4.69) is 16.7 Å². The molecule has 2 aromatic carbocycles. The van der Waals surface area contributed by atoms with Gasteiger partial charge in [0, 0.05) is 0 Å². The summed E-state index contributed by atoms with van der Waals surface area (Å²) < 4.78 is 0. The Morgan fingerprint density at radius 2 is 1.83 bits per heavy atom. The molecule has 0 radical (unpaired) electrons. The number of fused-ring (bicyclic) bond motifs is 1. The first-order chi connectivity index (χ1) is 14.4. The van der Waals surface area contributed by atoms with E-state index in [1.54, 1.807) is 6.92 Å². The van der Waals surface area contributed by atoms with Crippen LogP contribution in [0.15, 0.2) is 42.5 Å². The van der Waals surface area contributed by atoms with E-state index in [4.69, 9.17) is 0 Å². The minimum atomic E-state index is -1.27. The van der Waals surface area contributed by atoms with E-state index in [9.17, 15) is 19.6 Å². The molecule has 0 bridgehead atoms. The van der Waals surface area contributed by atoms with Gasteiger partial charge in [0.25, 0.3) is 5.91 Å². The van der Waals surface area contributed by atoms with Crippen LogP contribution in [-0.4, -0.2) is 34.8 Å². The lowest BCUT2D eigenvalue weighted by Crippen LogP contribution is -2.52. The molecule has 4 rings (SSSR count). The summed E-state index contributed by atoms with van der Waals surface area (Å²) in [4.78, 5) is 39.5. The van der Waals surface area contributed by atoms with Gasteiger partial charge in [-0.1, -0.05) is 61.7 Å². The molecule has 7 heteroatoms. The molecule has 1 saturated heterocycles. The summed E-state index contributed by atoms with van der Waals surface area (Å²) in [5, 5.41) is 16.9. The van der Waals surface area contributed by atoms with Gasteiger partial charge in [-0.05, 0) is 36.1 Å². The molecule has 154 valence electrons. The van der Waals surface area contributed by atoms with Crippen molar-refractivity contribution < 1.29 is 14.4 Å². The minimum absolute atomic E-state index is 0.408. The summed E-state index contributed by atoms with van der Waals surface area (Å²) in [7, 11) is 0. The molecule has 2 fully saturated rings. The Morgan fingerprint density at radius 3 is 2.57 bits per heavy atom. The zero-order valence-electron chi connectivity index (χ0n) is 16.9. The van der Waals surface area contributed by atoms with E-state index in [1.165, 1.54) is 0 Å². The van der Waals surface area contributed by atoms with Crippen LogP contribution in [-0.2, 0) is 15.1 Å². The smallest absolute Gasteiger partial charge is 0.325 e. The molecule has 1 heterocycles. The predicted octanol–water partition coefficient (Wildman–Crippen LogP) is 2.95. The molecule has 0 unspecified atom stereocenters. The largest absolute Gasteiger partial charge is 0.336 e. The van der Waals surface area contributed by atoms with Crippen LogP contribution >= 0.6 is 0 Å². The molecule has 0 aromatic heterocycles. The van der Waals surface area contributed by atoms with Crippen LogP contribution in [0, 0.1) is 11.3 Å². The molecule has 1 atom stereocenters. The predicted molar refractivity (Wildman–Crippen MR) is 111 cm³/mol. The van der Waals surface area contributed by atoms with Gasteiger partial charge in [0.2, 0.25) is 5.91 Å². The summed E-state index contributed by atoms with van der Waals surface area (Å²) in [6.45, 7) is 1.25. The molecule has 2 aromatic rings. The molecule has 2 N–H and O–H groups in total. The number of hydrogen-bond donors (Lipinski definition) is 2. The first-order valence-corrected chi connectivity index (χ1v) is 10.2. The lowest BCUT2D eigenvalue weighted by molar-refractivity contribution is -0.135. The van der Waals surface area contributed by atoms with E-state index in [-0.39, 0.29) is 0 Å². The Balaban J connectivity index is 1.57. The lowest BCUT2D eigenvalue weighted by Gasteiger charge is -2.32. The highest BCUT2D eigenvalue weighted by molar-refractivity contribution is 6.10. The SMILES string of the molecule is C[C@]1(c2cccc3ccccc23)NC(=O)N(CC(=O)NC2(C#N)CCCCC2)C1=O. The number of nitrogens with one attached hydrogen (secondary N) is 2. The summed E-state index contributed by atoms with van der Waals surface area (Å²) in [5.74, 6) is -0.974. The standard InChI is InChI=1S/C23H24N4O3/c1-22(18-11-7-9-16-8-3-4-10-17(16)18)20(29)27(21(30)26-22)14-19(28)25-23(15-24)12-5-2-6-13-23/h3-4,7-11H,2,5-6,12-14H2,1H3,(H,25,28)(H,26,30)/t22-/m1/s1. The van der Waals surface area contributed by atoms with Crippen LogP contribution in [0.25, 0.3) is 10.8 Å². The third kappa shape index (κ3) is 3.28. The third-order valence-corrected chi connectivity index (χ3v) is 6.20. The van der Waals surface area contributed by atoms with Gasteiger partial charge in [-0.3, -0.25) is 14.5 Å². The average molecular weight is 404 g/mol. The number of hydrogen-bond acceptors (Lipinski definition) is 4. The summed E-state index contributed by atoms with van der Waals surface area (Å²) >= 11 is 0. The maximum Gasteiger partial charge on any atom is 0.325 e. The number of benzene rings is 2. The van der Waals surface area contributed by atoms with Crippen molar-refractivity contribution in [1.29, 1.82) is 5.26 Å². The molecule has 1 aliphatic heterocycles. The maximum atomic E-state index is 13.3. The Morgan fingerprint density at radius 1 is 1.13 bits per heavy atom. The second-order valence-electron chi connectivity index (χ2n) is 8.28. The number of rotatable bonds is 4. The molecular weight excluding hydrogens is 380 g/mol. The van der Waals surface area contributed by atoms with E-state index in [0.29, 0.717) is 18.4 Å². The van der Waals surface area contributed by atoms with Crippen LogP contribution in [0.1, 0.15) is 44.6 Å². The Labute approximate surface area is 175 Å². The number of nitrogens with zero attached hydrogens (tertiary/aromatic N) is 2.